The summed E-state index contributed by atoms with van der Waals surface area (Å²) >= 11 is 0. The largest absolute Gasteiger partial charge is 0.870 e. The highest BCUT2D eigenvalue weighted by molar-refractivity contribution is 7.47. The van der Waals surface area contributed by atoms with Gasteiger partial charge in [-0.1, -0.05) is 107 Å². The first kappa shape index (κ1) is 62.3. The average molecular weight is 809 g/mol. The van der Waals surface area contributed by atoms with Crippen LogP contribution in [0.3, 0.4) is 0 Å². The molecule has 0 aromatic heterocycles. The van der Waals surface area contributed by atoms with Crippen molar-refractivity contribution in [3.05, 3.63) is 0 Å². The summed E-state index contributed by atoms with van der Waals surface area (Å²) in [5.41, 5.74) is 0. The van der Waals surface area contributed by atoms with E-state index in [2.05, 4.69) is 73.5 Å². The van der Waals surface area contributed by atoms with E-state index in [0.717, 1.165) is 0 Å². The minimum atomic E-state index is -3.94. The van der Waals surface area contributed by atoms with Gasteiger partial charge in [0, 0.05) is 0 Å². The maximum atomic E-state index is 10.5. The molecule has 0 heterocycles. The number of rotatable bonds is 32. The van der Waals surface area contributed by atoms with Gasteiger partial charge in [-0.3, -0.25) is 13.6 Å². The Hall–Kier alpha value is 0.1000. The quantitative estimate of drug-likeness (QED) is 0.0518. The van der Waals surface area contributed by atoms with Crippen molar-refractivity contribution in [2.75, 3.05) is 78.8 Å². The Morgan fingerprint density at radius 1 is 0.396 bits per heavy atom. The fourth-order valence-corrected chi connectivity index (χ4v) is 7.44. The van der Waals surface area contributed by atoms with E-state index in [-0.39, 0.29) is 31.9 Å². The van der Waals surface area contributed by atoms with Crippen LogP contribution in [-0.4, -0.2) is 98.1 Å². The molecular formula is C40H94N2O9P2. The molecule has 0 saturated heterocycles. The van der Waals surface area contributed by atoms with E-state index in [1.54, 1.807) is 27.7 Å². The molecule has 0 rings (SSSR count). The molecule has 53 heavy (non-hydrogen) atoms. The normalized spacial score (nSPS) is 11.7. The van der Waals surface area contributed by atoms with Gasteiger partial charge in [-0.2, -0.15) is 0 Å². The first-order valence-corrected chi connectivity index (χ1v) is 24.6. The Balaban J connectivity index is -0.000000200. The van der Waals surface area contributed by atoms with Gasteiger partial charge in [-0.15, -0.1) is 0 Å². The third kappa shape index (κ3) is 41.6. The summed E-state index contributed by atoms with van der Waals surface area (Å²) in [5.74, 6) is 0. The van der Waals surface area contributed by atoms with Gasteiger partial charge in [0.15, 0.2) is 0 Å². The molecule has 13 heteroatoms. The smallest absolute Gasteiger partial charge is 0.472 e. The van der Waals surface area contributed by atoms with Crippen LogP contribution < -0.4 is 4.89 Å². The fraction of sp³-hybridized carbons (Fsp3) is 1.00. The van der Waals surface area contributed by atoms with Crippen molar-refractivity contribution in [1.29, 1.82) is 0 Å². The Kier molecular flexibility index (Phi) is 50.8. The number of hydrogen-bond acceptors (Lipinski definition) is 8. The van der Waals surface area contributed by atoms with Gasteiger partial charge in [-0.05, 0) is 79.1 Å². The van der Waals surface area contributed by atoms with Crippen LogP contribution in [-0.2, 0) is 27.2 Å². The molecule has 0 aliphatic carbocycles. The summed E-state index contributed by atoms with van der Waals surface area (Å²) in [7, 11) is -7.64. The number of phosphoric ester groups is 2. The van der Waals surface area contributed by atoms with Gasteiger partial charge in [0.2, 0.25) is 0 Å². The van der Waals surface area contributed by atoms with E-state index in [9.17, 15) is 14.0 Å². The van der Waals surface area contributed by atoms with Gasteiger partial charge >= 0.3 is 7.82 Å². The first-order chi connectivity index (χ1) is 24.7. The lowest BCUT2D eigenvalue weighted by atomic mass is 10.1. The molecule has 0 aromatic rings. The standard InChI is InChI=1S/2C16H36N.2C4H11O4P.H2O/c2*1-5-9-13-17(14-10-6-2,15-11-7-3)16-12-8-4;2*1-3-7-9(5,6)8-4-2;/h2*5-16H2,1-4H3;2*3-4H2,1-2H3,(H,5,6);1H2/q2*+1;;;/p-2. The molecule has 11 nitrogen and oxygen atoms in total. The molecule has 328 valence electrons. The number of hydrogen-bond donors (Lipinski definition) is 1. The van der Waals surface area contributed by atoms with Crippen LogP contribution in [0.15, 0.2) is 0 Å². The third-order valence-electron chi connectivity index (χ3n) is 9.05. The summed E-state index contributed by atoms with van der Waals surface area (Å²) in [6, 6.07) is 0. The van der Waals surface area contributed by atoms with Crippen molar-refractivity contribution in [1.82, 2.24) is 0 Å². The molecule has 0 bridgehead atoms. The lowest BCUT2D eigenvalue weighted by Crippen LogP contribution is -2.50. The Morgan fingerprint density at radius 2 is 0.566 bits per heavy atom. The van der Waals surface area contributed by atoms with Crippen LogP contribution in [0.4, 0.5) is 0 Å². The lowest BCUT2D eigenvalue weighted by Gasteiger charge is -2.39. The number of phosphoric acid groups is 2. The monoisotopic (exact) mass is 809 g/mol. The summed E-state index contributed by atoms with van der Waals surface area (Å²) in [6.45, 7) is 37.1. The maximum Gasteiger partial charge on any atom is 0.472 e. The molecule has 0 aromatic carbocycles. The second-order valence-electron chi connectivity index (χ2n) is 13.9. The highest BCUT2D eigenvalue weighted by Gasteiger charge is 2.26. The van der Waals surface area contributed by atoms with Crippen LogP contribution in [0, 0.1) is 0 Å². The van der Waals surface area contributed by atoms with Crippen molar-refractivity contribution in [3.63, 3.8) is 0 Å². The highest BCUT2D eigenvalue weighted by atomic mass is 31.2. The predicted octanol–water partition coefficient (Wildman–Crippen LogP) is 11.5. The van der Waals surface area contributed by atoms with Crippen LogP contribution in [0.5, 0.6) is 0 Å². The van der Waals surface area contributed by atoms with Crippen LogP contribution >= 0.6 is 15.6 Å². The minimum absolute atomic E-state index is 0. The zero-order valence-electron chi connectivity index (χ0n) is 37.3. The molecule has 0 radical (unpaired) electrons. The van der Waals surface area contributed by atoms with Crippen LogP contribution in [0.1, 0.15) is 186 Å². The molecule has 0 atom stereocenters. The molecule has 0 saturated carbocycles. The van der Waals surface area contributed by atoms with Crippen molar-refractivity contribution in [2.24, 2.45) is 0 Å². The van der Waals surface area contributed by atoms with E-state index in [1.165, 1.54) is 164 Å². The van der Waals surface area contributed by atoms with Crippen molar-refractivity contribution in [3.8, 4) is 0 Å². The second kappa shape index (κ2) is 43.2. The summed E-state index contributed by atoms with van der Waals surface area (Å²) in [4.78, 5) is 19.0. The van der Waals surface area contributed by atoms with Gasteiger partial charge in [-0.25, -0.2) is 4.57 Å². The Labute approximate surface area is 331 Å². The predicted molar refractivity (Wildman–Crippen MR) is 225 cm³/mol. The van der Waals surface area contributed by atoms with E-state index in [0.29, 0.717) is 0 Å². The molecule has 0 unspecified atom stereocenters. The van der Waals surface area contributed by atoms with Gasteiger partial charge < -0.3 is 33.3 Å². The molecule has 0 aliphatic heterocycles. The zero-order chi connectivity index (χ0) is 40.6. The van der Waals surface area contributed by atoms with Crippen LogP contribution in [0.25, 0.3) is 0 Å². The van der Waals surface area contributed by atoms with Crippen molar-refractivity contribution < 1.29 is 51.5 Å². The van der Waals surface area contributed by atoms with Gasteiger partial charge in [0.1, 0.15) is 0 Å². The fourth-order valence-electron chi connectivity index (χ4n) is 6.01. The lowest BCUT2D eigenvalue weighted by molar-refractivity contribution is -0.929. The van der Waals surface area contributed by atoms with Crippen LogP contribution in [0.2, 0.25) is 0 Å². The Bertz CT molecular complexity index is 651. The van der Waals surface area contributed by atoms with Gasteiger partial charge in [0.25, 0.3) is 7.82 Å². The first-order valence-electron chi connectivity index (χ1n) is 21.6. The zero-order valence-corrected chi connectivity index (χ0v) is 39.1. The summed E-state index contributed by atoms with van der Waals surface area (Å²) in [5, 5.41) is 0. The van der Waals surface area contributed by atoms with E-state index >= 15 is 0 Å². The minimum Gasteiger partial charge on any atom is -0.870 e. The topological polar surface area (TPSA) is 144 Å². The molecule has 0 aliphatic rings. The number of unbranched alkanes of at least 4 members (excludes halogenated alkanes) is 8. The number of quaternary nitrogens is 2. The van der Waals surface area contributed by atoms with E-state index < -0.39 is 15.6 Å². The maximum absolute atomic E-state index is 10.5. The summed E-state index contributed by atoms with van der Waals surface area (Å²) < 4.78 is 41.0. The second-order valence-corrected chi connectivity index (χ2v) is 16.8. The SMILES string of the molecule is CCCC[N+](CCCC)(CCCC)CCCC.CCCC[N+](CCCC)(CCCC)CCCC.CCOP(=O)(O)OCC.CCOP(=O)([O-])OCC.[OH-]. The van der Waals surface area contributed by atoms with E-state index in [1.807, 2.05) is 0 Å². The van der Waals surface area contributed by atoms with E-state index in [4.69, 9.17) is 4.89 Å². The van der Waals surface area contributed by atoms with Gasteiger partial charge in [0.05, 0.1) is 78.8 Å². The third-order valence-corrected chi connectivity index (χ3v) is 11.4. The number of nitrogens with zero attached hydrogens (tertiary/aromatic N) is 2. The molecule has 0 fully saturated rings. The molecular weight excluding hydrogens is 714 g/mol. The Morgan fingerprint density at radius 3 is 0.698 bits per heavy atom. The molecule has 2 N–H and O–H groups in total. The van der Waals surface area contributed by atoms with Crippen molar-refractivity contribution >= 4 is 15.6 Å². The van der Waals surface area contributed by atoms with Crippen molar-refractivity contribution in [2.45, 2.75) is 186 Å². The average Bonchev–Trinajstić information content (AvgIpc) is 3.11. The highest BCUT2D eigenvalue weighted by Crippen LogP contribution is 2.42. The molecule has 0 spiro atoms. The summed E-state index contributed by atoms with van der Waals surface area (Å²) in [6.07, 6.45) is 22.1. The molecule has 0 amide bonds.